The summed E-state index contributed by atoms with van der Waals surface area (Å²) in [5, 5.41) is -0.470. The third-order valence-corrected chi connectivity index (χ3v) is 8.20. The molecule has 218 valence electrons. The van der Waals surface area contributed by atoms with Gasteiger partial charge in [-0.05, 0) is 36.2 Å². The minimum atomic E-state index is -4.81. The van der Waals surface area contributed by atoms with Gasteiger partial charge in [0.05, 0.1) is 24.2 Å². The maximum atomic E-state index is 14.9. The summed E-state index contributed by atoms with van der Waals surface area (Å²) in [6.45, 7) is 6.40. The first-order valence-electron chi connectivity index (χ1n) is 12.7. The minimum Gasteiger partial charge on any atom is -0.450 e. The van der Waals surface area contributed by atoms with E-state index in [9.17, 15) is 31.1 Å². The number of ketones is 1. The van der Waals surface area contributed by atoms with Crippen LogP contribution in [0.4, 0.5) is 26.3 Å². The standard InChI is InChI=1S/C27H30F6N2O4Si/c1-40(2,3)9-8-37-16-35-13-19(27(31,32)33)23-22(5-7-34-25(23)35)39-24-20(28)11-17(12-21(24)29)10-18(36)4-6-26(30)14-38-15-26/h5,7,11-13H,4,6,8-10,14-16H2,1-3H3. The molecule has 1 aliphatic heterocycles. The van der Waals surface area contributed by atoms with Crippen molar-refractivity contribution in [2.75, 3.05) is 19.8 Å². The SMILES string of the molecule is C[Si](C)(C)CCOCn1cc(C(F)(F)F)c2c(Oc3c(F)cc(CC(=O)CCC4(F)COC4)cc3F)ccnc21. The molecule has 1 saturated heterocycles. The topological polar surface area (TPSA) is 62.6 Å². The molecular weight excluding hydrogens is 558 g/mol. The zero-order valence-corrected chi connectivity index (χ0v) is 23.3. The van der Waals surface area contributed by atoms with Crippen molar-refractivity contribution in [2.45, 2.75) is 63.5 Å². The number of ether oxygens (including phenoxy) is 3. The van der Waals surface area contributed by atoms with Crippen LogP contribution in [0, 0.1) is 11.6 Å². The van der Waals surface area contributed by atoms with Crippen LogP contribution in [-0.4, -0.2) is 48.9 Å². The van der Waals surface area contributed by atoms with Crippen LogP contribution in [0.3, 0.4) is 0 Å². The Labute approximate surface area is 228 Å². The smallest absolute Gasteiger partial charge is 0.418 e. The normalized spacial score (nSPS) is 15.3. The van der Waals surface area contributed by atoms with Gasteiger partial charge in [0.25, 0.3) is 0 Å². The average molecular weight is 589 g/mol. The summed E-state index contributed by atoms with van der Waals surface area (Å²) in [6, 6.07) is 3.64. The number of halogens is 6. The number of hydrogen-bond donors (Lipinski definition) is 0. The van der Waals surface area contributed by atoms with Gasteiger partial charge in [0.15, 0.2) is 23.1 Å². The molecule has 0 amide bonds. The molecule has 0 saturated carbocycles. The Bertz CT molecular complexity index is 1360. The predicted octanol–water partition coefficient (Wildman–Crippen LogP) is 7.07. The fourth-order valence-electron chi connectivity index (χ4n) is 4.20. The molecule has 6 nitrogen and oxygen atoms in total. The van der Waals surface area contributed by atoms with E-state index in [1.54, 1.807) is 0 Å². The Kier molecular flexibility index (Phi) is 8.67. The Morgan fingerprint density at radius 3 is 2.42 bits per heavy atom. The highest BCUT2D eigenvalue weighted by Gasteiger charge is 2.39. The fraction of sp³-hybridized carbons (Fsp3) is 0.481. The van der Waals surface area contributed by atoms with Crippen molar-refractivity contribution in [2.24, 2.45) is 0 Å². The quantitative estimate of drug-likeness (QED) is 0.129. The van der Waals surface area contributed by atoms with Crippen molar-refractivity contribution in [3.05, 3.63) is 53.4 Å². The summed E-state index contributed by atoms with van der Waals surface area (Å²) >= 11 is 0. The van der Waals surface area contributed by atoms with E-state index in [4.69, 9.17) is 14.2 Å². The molecule has 40 heavy (non-hydrogen) atoms. The number of aromatic nitrogens is 2. The zero-order chi connectivity index (χ0) is 29.3. The Morgan fingerprint density at radius 2 is 1.85 bits per heavy atom. The number of rotatable bonds is 12. The lowest BCUT2D eigenvalue weighted by Crippen LogP contribution is -2.45. The zero-order valence-electron chi connectivity index (χ0n) is 22.3. The lowest BCUT2D eigenvalue weighted by molar-refractivity contribution is -0.139. The van der Waals surface area contributed by atoms with E-state index in [0.29, 0.717) is 6.61 Å². The molecule has 0 aliphatic carbocycles. The molecule has 0 bridgehead atoms. The molecule has 1 aromatic carbocycles. The third-order valence-electron chi connectivity index (χ3n) is 6.50. The van der Waals surface area contributed by atoms with Crippen LogP contribution in [0.25, 0.3) is 11.0 Å². The number of carbonyl (C=O) groups is 1. The summed E-state index contributed by atoms with van der Waals surface area (Å²) in [6.07, 6.45) is -3.34. The van der Waals surface area contributed by atoms with E-state index >= 15 is 0 Å². The van der Waals surface area contributed by atoms with Gasteiger partial charge < -0.3 is 18.8 Å². The van der Waals surface area contributed by atoms with Gasteiger partial charge in [-0.15, -0.1) is 0 Å². The first-order valence-corrected chi connectivity index (χ1v) is 16.4. The lowest BCUT2D eigenvalue weighted by atomic mass is 9.95. The first kappa shape index (κ1) is 30.1. The molecule has 4 rings (SSSR count). The van der Waals surface area contributed by atoms with Gasteiger partial charge in [-0.25, -0.2) is 18.2 Å². The summed E-state index contributed by atoms with van der Waals surface area (Å²) < 4.78 is 103. The molecule has 0 N–H and O–H groups in total. The second-order valence-electron chi connectivity index (χ2n) is 11.2. The number of pyridine rings is 1. The van der Waals surface area contributed by atoms with E-state index in [-0.39, 0.29) is 50.4 Å². The molecule has 0 atom stereocenters. The van der Waals surface area contributed by atoms with Crippen LogP contribution >= 0.6 is 0 Å². The molecule has 2 aromatic heterocycles. The number of nitrogens with zero attached hydrogens (tertiary/aromatic N) is 2. The van der Waals surface area contributed by atoms with Gasteiger partial charge in [-0.2, -0.15) is 13.2 Å². The maximum absolute atomic E-state index is 14.9. The van der Waals surface area contributed by atoms with Crippen molar-refractivity contribution in [3.63, 3.8) is 0 Å². The van der Waals surface area contributed by atoms with E-state index in [1.165, 1.54) is 10.8 Å². The largest absolute Gasteiger partial charge is 0.450 e. The molecule has 1 aliphatic rings. The van der Waals surface area contributed by atoms with E-state index in [0.717, 1.165) is 30.4 Å². The van der Waals surface area contributed by atoms with Crippen LogP contribution in [0.2, 0.25) is 25.7 Å². The monoisotopic (exact) mass is 588 g/mol. The lowest BCUT2D eigenvalue weighted by Gasteiger charge is -2.33. The number of hydrogen-bond acceptors (Lipinski definition) is 5. The molecule has 3 heterocycles. The van der Waals surface area contributed by atoms with Gasteiger partial charge in [0.1, 0.15) is 23.9 Å². The molecule has 0 spiro atoms. The molecule has 3 aromatic rings. The minimum absolute atomic E-state index is 0.0115. The Morgan fingerprint density at radius 1 is 1.18 bits per heavy atom. The number of carbonyl (C=O) groups excluding carboxylic acids is 1. The predicted molar refractivity (Wildman–Crippen MR) is 138 cm³/mol. The van der Waals surface area contributed by atoms with Gasteiger partial charge in [-0.1, -0.05) is 19.6 Å². The summed E-state index contributed by atoms with van der Waals surface area (Å²) in [4.78, 5) is 16.2. The van der Waals surface area contributed by atoms with E-state index < -0.39 is 59.8 Å². The summed E-state index contributed by atoms with van der Waals surface area (Å²) in [5.74, 6) is -4.20. The van der Waals surface area contributed by atoms with Crippen LogP contribution in [0.15, 0.2) is 30.6 Å². The second-order valence-corrected chi connectivity index (χ2v) is 16.8. The average Bonchev–Trinajstić information content (AvgIpc) is 3.21. The van der Waals surface area contributed by atoms with E-state index in [1.807, 2.05) is 0 Å². The van der Waals surface area contributed by atoms with Crippen LogP contribution in [0.5, 0.6) is 11.5 Å². The number of alkyl halides is 4. The van der Waals surface area contributed by atoms with E-state index in [2.05, 4.69) is 24.6 Å². The highest BCUT2D eigenvalue weighted by Crippen LogP contribution is 2.42. The molecule has 1 fully saturated rings. The van der Waals surface area contributed by atoms with Gasteiger partial charge in [-0.3, -0.25) is 4.79 Å². The van der Waals surface area contributed by atoms with Crippen LogP contribution < -0.4 is 4.74 Å². The van der Waals surface area contributed by atoms with Crippen molar-refractivity contribution in [1.82, 2.24) is 9.55 Å². The van der Waals surface area contributed by atoms with Gasteiger partial charge >= 0.3 is 6.18 Å². The second kappa shape index (κ2) is 11.5. The Balaban J connectivity index is 1.55. The van der Waals surface area contributed by atoms with Crippen molar-refractivity contribution < 1.29 is 45.3 Å². The highest BCUT2D eigenvalue weighted by molar-refractivity contribution is 6.76. The highest BCUT2D eigenvalue weighted by atomic mass is 28.3. The molecular formula is C27H30F6N2O4Si. The summed E-state index contributed by atoms with van der Waals surface area (Å²) in [5.41, 5.74) is -2.79. The number of benzene rings is 1. The van der Waals surface area contributed by atoms with Crippen LogP contribution in [0.1, 0.15) is 24.0 Å². The van der Waals surface area contributed by atoms with Gasteiger partial charge in [0, 0.05) is 39.9 Å². The first-order chi connectivity index (χ1) is 18.7. The van der Waals surface area contributed by atoms with Crippen molar-refractivity contribution in [1.29, 1.82) is 0 Å². The number of Topliss-reactive ketones (excluding diaryl/α,β-unsaturated/α-hetero) is 1. The van der Waals surface area contributed by atoms with Crippen molar-refractivity contribution >= 4 is 24.9 Å². The molecule has 0 unspecified atom stereocenters. The van der Waals surface area contributed by atoms with Gasteiger partial charge in [0.2, 0.25) is 0 Å². The van der Waals surface area contributed by atoms with Crippen LogP contribution in [-0.2, 0) is 33.6 Å². The van der Waals surface area contributed by atoms with Crippen molar-refractivity contribution in [3.8, 4) is 11.5 Å². The number of fused-ring (bicyclic) bond motifs is 1. The molecule has 0 radical (unpaired) electrons. The molecule has 13 heteroatoms. The third kappa shape index (κ3) is 7.24. The Hall–Kier alpha value is -2.90. The summed E-state index contributed by atoms with van der Waals surface area (Å²) in [7, 11) is -1.42. The fourth-order valence-corrected chi connectivity index (χ4v) is 4.95. The maximum Gasteiger partial charge on any atom is 0.418 e.